The average molecular weight is 425 g/mol. The summed E-state index contributed by atoms with van der Waals surface area (Å²) in [5.74, 6) is -0.813. The molecular weight excluding hydrogens is 400 g/mol. The molecule has 156 valence electrons. The van der Waals surface area contributed by atoms with Gasteiger partial charge in [0.05, 0.1) is 17.2 Å². The normalized spacial score (nSPS) is 16.8. The number of carbonyl (C=O) groups excluding carboxylic acids is 3. The molecule has 0 radical (unpaired) electrons. The molecule has 7 nitrogen and oxygen atoms in total. The second-order valence-electron chi connectivity index (χ2n) is 6.89. The molecule has 0 fully saturated rings. The van der Waals surface area contributed by atoms with Crippen LogP contribution in [0.1, 0.15) is 18.1 Å². The zero-order chi connectivity index (χ0) is 21.7. The van der Waals surface area contributed by atoms with Gasteiger partial charge in [0, 0.05) is 18.2 Å². The van der Waals surface area contributed by atoms with Gasteiger partial charge in [-0.25, -0.2) is 4.99 Å². The van der Waals surface area contributed by atoms with E-state index in [1.54, 1.807) is 14.0 Å². The minimum absolute atomic E-state index is 0.240. The molecule has 1 unspecified atom stereocenters. The predicted molar refractivity (Wildman–Crippen MR) is 120 cm³/mol. The number of fused-ring (bicyclic) bond motifs is 1. The van der Waals surface area contributed by atoms with Crippen molar-refractivity contribution in [2.45, 2.75) is 19.1 Å². The highest BCUT2D eigenvalue weighted by Gasteiger charge is 2.32. The number of thioether (sulfide) groups is 1. The molecule has 2 atom stereocenters. The number of likely N-dealkylation sites (N-methyl/N-ethyl adjacent to an activating group) is 1. The first-order valence-electron chi connectivity index (χ1n) is 9.51. The van der Waals surface area contributed by atoms with E-state index in [-0.39, 0.29) is 17.6 Å². The molecule has 0 saturated carbocycles. The number of para-hydroxylation sites is 1. The molecule has 1 heterocycles. The third kappa shape index (κ3) is 4.71. The van der Waals surface area contributed by atoms with Gasteiger partial charge in [-0.3, -0.25) is 14.4 Å². The van der Waals surface area contributed by atoms with Crippen LogP contribution in [0.2, 0.25) is 0 Å². The van der Waals surface area contributed by atoms with Crippen molar-refractivity contribution in [1.29, 1.82) is 0 Å². The Labute approximate surface area is 179 Å². The first kappa shape index (κ1) is 21.6. The average Bonchev–Trinajstić information content (AvgIpc) is 2.85. The molecule has 0 aliphatic carbocycles. The summed E-state index contributed by atoms with van der Waals surface area (Å²) in [7, 11) is 1.66. The SMILES string of the molecule is CSCC(=O)NC(C)C(=O)N[C@H]1N=C(c2ccccc2)c2ccccc2N(C)C1=O. The maximum absolute atomic E-state index is 13.1. The van der Waals surface area contributed by atoms with E-state index >= 15 is 0 Å². The zero-order valence-electron chi connectivity index (χ0n) is 17.1. The fourth-order valence-corrected chi connectivity index (χ4v) is 3.53. The van der Waals surface area contributed by atoms with E-state index in [1.807, 2.05) is 60.9 Å². The molecule has 2 aromatic carbocycles. The second-order valence-corrected chi connectivity index (χ2v) is 7.76. The maximum atomic E-state index is 13.1. The number of benzodiazepines with no additional fused rings is 1. The molecule has 0 saturated heterocycles. The summed E-state index contributed by atoms with van der Waals surface area (Å²) in [5, 5.41) is 5.31. The topological polar surface area (TPSA) is 90.9 Å². The van der Waals surface area contributed by atoms with Crippen LogP contribution < -0.4 is 15.5 Å². The van der Waals surface area contributed by atoms with Gasteiger partial charge < -0.3 is 15.5 Å². The molecule has 2 aromatic rings. The minimum Gasteiger partial charge on any atom is -0.344 e. The van der Waals surface area contributed by atoms with Crippen LogP contribution >= 0.6 is 11.8 Å². The summed E-state index contributed by atoms with van der Waals surface area (Å²) < 4.78 is 0. The third-order valence-corrected chi connectivity index (χ3v) is 5.27. The molecular formula is C22H24N4O3S. The number of nitrogens with zero attached hydrogens (tertiary/aromatic N) is 2. The number of anilines is 1. The highest BCUT2D eigenvalue weighted by atomic mass is 32.2. The number of amides is 3. The van der Waals surface area contributed by atoms with Crippen molar-refractivity contribution in [3.8, 4) is 0 Å². The number of benzene rings is 2. The number of hydrogen-bond donors (Lipinski definition) is 2. The fourth-order valence-electron chi connectivity index (χ4n) is 3.18. The quantitative estimate of drug-likeness (QED) is 0.740. The van der Waals surface area contributed by atoms with Gasteiger partial charge in [-0.05, 0) is 19.2 Å². The molecule has 3 amide bonds. The second kappa shape index (κ2) is 9.58. The van der Waals surface area contributed by atoms with E-state index in [0.717, 1.165) is 11.1 Å². The monoisotopic (exact) mass is 424 g/mol. The molecule has 2 N–H and O–H groups in total. The van der Waals surface area contributed by atoms with Gasteiger partial charge >= 0.3 is 0 Å². The number of aliphatic imine (C=N–C) groups is 1. The Kier molecular flexibility index (Phi) is 6.89. The molecule has 0 aromatic heterocycles. The molecule has 8 heteroatoms. The first-order valence-corrected chi connectivity index (χ1v) is 10.9. The molecule has 3 rings (SSSR count). The Morgan fingerprint density at radius 2 is 1.80 bits per heavy atom. The van der Waals surface area contributed by atoms with Crippen molar-refractivity contribution >= 4 is 40.9 Å². The number of rotatable bonds is 6. The molecule has 0 bridgehead atoms. The standard InChI is InChI=1S/C22H24N4O3S/c1-14(23-18(27)13-30-3)21(28)25-20-22(29)26(2)17-12-8-7-11-16(17)19(24-20)15-9-5-4-6-10-15/h4-12,14,20H,13H2,1-3H3,(H,23,27)(H,25,28)/t14?,20-/m1/s1. The van der Waals surface area contributed by atoms with E-state index < -0.39 is 18.1 Å². The summed E-state index contributed by atoms with van der Waals surface area (Å²) in [6.07, 6.45) is 0.701. The Balaban J connectivity index is 1.94. The Bertz CT molecular complexity index is 977. The summed E-state index contributed by atoms with van der Waals surface area (Å²) in [6, 6.07) is 16.2. The molecule has 0 spiro atoms. The lowest BCUT2D eigenvalue weighted by Gasteiger charge is -2.22. The highest BCUT2D eigenvalue weighted by Crippen LogP contribution is 2.27. The van der Waals surface area contributed by atoms with Crippen LogP contribution in [-0.2, 0) is 14.4 Å². The Morgan fingerprint density at radius 1 is 1.13 bits per heavy atom. The zero-order valence-corrected chi connectivity index (χ0v) is 17.9. The van der Waals surface area contributed by atoms with Crippen molar-refractivity contribution in [1.82, 2.24) is 10.6 Å². The largest absolute Gasteiger partial charge is 0.344 e. The molecule has 30 heavy (non-hydrogen) atoms. The van der Waals surface area contributed by atoms with E-state index in [4.69, 9.17) is 0 Å². The van der Waals surface area contributed by atoms with Crippen molar-refractivity contribution < 1.29 is 14.4 Å². The summed E-state index contributed by atoms with van der Waals surface area (Å²) in [4.78, 5) is 43.7. The summed E-state index contributed by atoms with van der Waals surface area (Å²) in [5.41, 5.74) is 2.97. The van der Waals surface area contributed by atoms with Crippen LogP contribution in [0, 0.1) is 0 Å². The lowest BCUT2D eigenvalue weighted by atomic mass is 10.0. The molecule has 1 aliphatic heterocycles. The lowest BCUT2D eigenvalue weighted by molar-refractivity contribution is -0.130. The Hall–Kier alpha value is -3.13. The minimum atomic E-state index is -1.11. The van der Waals surface area contributed by atoms with Gasteiger partial charge in [0.1, 0.15) is 6.04 Å². The number of carbonyl (C=O) groups is 3. The van der Waals surface area contributed by atoms with Crippen molar-refractivity contribution in [2.75, 3.05) is 24.0 Å². The predicted octanol–water partition coefficient (Wildman–Crippen LogP) is 1.81. The van der Waals surface area contributed by atoms with Gasteiger partial charge in [-0.2, -0.15) is 11.8 Å². The highest BCUT2D eigenvalue weighted by molar-refractivity contribution is 7.99. The van der Waals surface area contributed by atoms with Gasteiger partial charge in [0.15, 0.2) is 0 Å². The van der Waals surface area contributed by atoms with Crippen molar-refractivity contribution in [3.05, 3.63) is 65.7 Å². The van der Waals surface area contributed by atoms with E-state index in [1.165, 1.54) is 16.7 Å². The molecule has 1 aliphatic rings. The Morgan fingerprint density at radius 3 is 2.50 bits per heavy atom. The summed E-state index contributed by atoms with van der Waals surface area (Å²) in [6.45, 7) is 1.58. The van der Waals surface area contributed by atoms with Crippen molar-refractivity contribution in [2.24, 2.45) is 4.99 Å². The first-order chi connectivity index (χ1) is 14.4. The van der Waals surface area contributed by atoms with Crippen LogP contribution in [-0.4, -0.2) is 54.7 Å². The smallest absolute Gasteiger partial charge is 0.272 e. The van der Waals surface area contributed by atoms with Crippen LogP contribution in [0.5, 0.6) is 0 Å². The van der Waals surface area contributed by atoms with Crippen molar-refractivity contribution in [3.63, 3.8) is 0 Å². The van der Waals surface area contributed by atoms with Gasteiger partial charge in [-0.1, -0.05) is 48.5 Å². The van der Waals surface area contributed by atoms with Crippen LogP contribution in [0.15, 0.2) is 59.6 Å². The van der Waals surface area contributed by atoms with Crippen LogP contribution in [0.3, 0.4) is 0 Å². The van der Waals surface area contributed by atoms with Crippen LogP contribution in [0.25, 0.3) is 0 Å². The van der Waals surface area contributed by atoms with Gasteiger partial charge in [0.25, 0.3) is 5.91 Å². The van der Waals surface area contributed by atoms with Crippen LogP contribution in [0.4, 0.5) is 5.69 Å². The lowest BCUT2D eigenvalue weighted by Crippen LogP contribution is -2.52. The van der Waals surface area contributed by atoms with Gasteiger partial charge in [-0.15, -0.1) is 0 Å². The van der Waals surface area contributed by atoms with Gasteiger partial charge in [0.2, 0.25) is 18.0 Å². The van der Waals surface area contributed by atoms with E-state index in [9.17, 15) is 14.4 Å². The fraction of sp³-hybridized carbons (Fsp3) is 0.273. The summed E-state index contributed by atoms with van der Waals surface area (Å²) >= 11 is 1.37. The van der Waals surface area contributed by atoms with E-state index in [0.29, 0.717) is 11.4 Å². The third-order valence-electron chi connectivity index (χ3n) is 4.72. The number of hydrogen-bond acceptors (Lipinski definition) is 5. The number of nitrogens with one attached hydrogen (secondary N) is 2. The van der Waals surface area contributed by atoms with E-state index in [2.05, 4.69) is 15.6 Å². The maximum Gasteiger partial charge on any atom is 0.272 e.